The average Bonchev–Trinajstić information content (AvgIpc) is 3.00. The fourth-order valence-electron chi connectivity index (χ4n) is 2.86. The molecule has 2 atom stereocenters. The first-order valence-corrected chi connectivity index (χ1v) is 7.15. The van der Waals surface area contributed by atoms with E-state index < -0.39 is 0 Å². The van der Waals surface area contributed by atoms with Crippen molar-refractivity contribution in [2.24, 2.45) is 11.8 Å². The fourth-order valence-corrected chi connectivity index (χ4v) is 2.86. The van der Waals surface area contributed by atoms with E-state index in [1.807, 2.05) is 0 Å². The lowest BCUT2D eigenvalue weighted by Gasteiger charge is -2.20. The maximum atomic E-state index is 5.85. The van der Waals surface area contributed by atoms with E-state index in [4.69, 9.17) is 5.73 Å². The summed E-state index contributed by atoms with van der Waals surface area (Å²) in [4.78, 5) is 17.6. The number of hydrogen-bond donors (Lipinski definition) is 1. The molecule has 0 amide bonds. The van der Waals surface area contributed by atoms with Gasteiger partial charge in [-0.3, -0.25) is 0 Å². The van der Waals surface area contributed by atoms with Gasteiger partial charge in [-0.05, 0) is 24.7 Å². The number of nitrogens with two attached hydrogens (primary N) is 1. The van der Waals surface area contributed by atoms with Gasteiger partial charge in [-0.25, -0.2) is 0 Å². The number of nitrogen functional groups attached to an aromatic ring is 1. The lowest BCUT2D eigenvalue weighted by molar-refractivity contribution is 0.494. The highest BCUT2D eigenvalue weighted by atomic mass is 15.4. The van der Waals surface area contributed by atoms with E-state index in [9.17, 15) is 0 Å². The summed E-state index contributed by atoms with van der Waals surface area (Å²) >= 11 is 0. The number of nitrogens with zero attached hydrogens (tertiary/aromatic N) is 5. The van der Waals surface area contributed by atoms with E-state index in [0.717, 1.165) is 38.1 Å². The van der Waals surface area contributed by atoms with E-state index in [2.05, 4.69) is 38.6 Å². The number of hydrogen-bond acceptors (Lipinski definition) is 6. The summed E-state index contributed by atoms with van der Waals surface area (Å²) in [5.41, 5.74) is 5.85. The number of aromatic nitrogens is 3. The quantitative estimate of drug-likeness (QED) is 0.862. The summed E-state index contributed by atoms with van der Waals surface area (Å²) in [7, 11) is 0. The summed E-state index contributed by atoms with van der Waals surface area (Å²) < 4.78 is 0. The second-order valence-electron chi connectivity index (χ2n) is 5.85. The van der Waals surface area contributed by atoms with Crippen LogP contribution in [0.25, 0.3) is 0 Å². The Hall–Kier alpha value is -1.59. The Bertz CT molecular complexity index is 446. The Labute approximate surface area is 114 Å². The first-order valence-electron chi connectivity index (χ1n) is 7.15. The van der Waals surface area contributed by atoms with Crippen LogP contribution in [0, 0.1) is 11.8 Å². The Morgan fingerprint density at radius 2 is 1.42 bits per heavy atom. The molecule has 0 bridgehead atoms. The molecule has 2 fully saturated rings. The molecule has 3 rings (SSSR count). The molecule has 0 spiro atoms. The van der Waals surface area contributed by atoms with Gasteiger partial charge >= 0.3 is 0 Å². The minimum atomic E-state index is 0.333. The Morgan fingerprint density at radius 3 is 2.00 bits per heavy atom. The van der Waals surface area contributed by atoms with Crippen molar-refractivity contribution in [2.75, 3.05) is 41.7 Å². The predicted molar refractivity (Wildman–Crippen MR) is 76.2 cm³/mol. The van der Waals surface area contributed by atoms with E-state index in [0.29, 0.717) is 17.8 Å². The molecule has 0 aromatic carbocycles. The highest BCUT2D eigenvalue weighted by Crippen LogP contribution is 2.27. The van der Waals surface area contributed by atoms with Gasteiger partial charge in [0.2, 0.25) is 17.8 Å². The summed E-state index contributed by atoms with van der Waals surface area (Å²) in [6.07, 6.45) is 2.41. The van der Waals surface area contributed by atoms with Crippen LogP contribution in [0.15, 0.2) is 0 Å². The Balaban J connectivity index is 1.85. The maximum absolute atomic E-state index is 5.85. The lowest BCUT2D eigenvalue weighted by Crippen LogP contribution is -2.26. The smallest absolute Gasteiger partial charge is 0.231 e. The third-order valence-corrected chi connectivity index (χ3v) is 4.29. The summed E-state index contributed by atoms with van der Waals surface area (Å²) in [6.45, 7) is 8.60. The molecule has 3 heterocycles. The molecule has 104 valence electrons. The topological polar surface area (TPSA) is 71.2 Å². The van der Waals surface area contributed by atoms with Gasteiger partial charge < -0.3 is 15.5 Å². The molecule has 2 aliphatic heterocycles. The van der Waals surface area contributed by atoms with Crippen LogP contribution in [0.2, 0.25) is 0 Å². The van der Waals surface area contributed by atoms with Crippen LogP contribution < -0.4 is 15.5 Å². The first kappa shape index (κ1) is 12.4. The van der Waals surface area contributed by atoms with Crippen molar-refractivity contribution in [2.45, 2.75) is 26.7 Å². The minimum Gasteiger partial charge on any atom is -0.368 e. The normalized spacial score (nSPS) is 27.3. The average molecular weight is 262 g/mol. The standard InChI is InChI=1S/C13H22N6/c1-9-7-19(8-10(9)2)13-16-11(14)15-12(17-13)18-5-3-4-6-18/h9-10H,3-8H2,1-2H3,(H2,14,15,16,17). The molecule has 19 heavy (non-hydrogen) atoms. The zero-order chi connectivity index (χ0) is 13.4. The Morgan fingerprint density at radius 1 is 0.895 bits per heavy atom. The second-order valence-corrected chi connectivity index (χ2v) is 5.85. The molecule has 6 heteroatoms. The lowest BCUT2D eigenvalue weighted by atomic mass is 10.0. The van der Waals surface area contributed by atoms with Crippen LogP contribution in [0.4, 0.5) is 17.8 Å². The fraction of sp³-hybridized carbons (Fsp3) is 0.769. The summed E-state index contributed by atoms with van der Waals surface area (Å²) in [5, 5.41) is 0. The number of rotatable bonds is 2. The van der Waals surface area contributed by atoms with Crippen LogP contribution in [0.5, 0.6) is 0 Å². The molecule has 1 aromatic heterocycles. The monoisotopic (exact) mass is 262 g/mol. The predicted octanol–water partition coefficient (Wildman–Crippen LogP) is 1.15. The highest BCUT2D eigenvalue weighted by Gasteiger charge is 2.28. The van der Waals surface area contributed by atoms with E-state index in [-0.39, 0.29) is 0 Å². The SMILES string of the molecule is CC1CN(c2nc(N)nc(N3CCCC3)n2)CC1C. The van der Waals surface area contributed by atoms with Crippen LogP contribution in [0.3, 0.4) is 0 Å². The highest BCUT2D eigenvalue weighted by molar-refractivity contribution is 5.44. The zero-order valence-electron chi connectivity index (χ0n) is 11.7. The molecule has 0 saturated carbocycles. The molecule has 2 aliphatic rings. The van der Waals surface area contributed by atoms with E-state index in [1.165, 1.54) is 12.8 Å². The molecule has 0 aliphatic carbocycles. The summed E-state index contributed by atoms with van der Waals surface area (Å²) in [6, 6.07) is 0. The molecule has 1 aromatic rings. The van der Waals surface area contributed by atoms with Crippen molar-refractivity contribution in [3.8, 4) is 0 Å². The maximum Gasteiger partial charge on any atom is 0.231 e. The molecule has 2 unspecified atom stereocenters. The minimum absolute atomic E-state index is 0.333. The zero-order valence-corrected chi connectivity index (χ0v) is 11.7. The van der Waals surface area contributed by atoms with E-state index >= 15 is 0 Å². The van der Waals surface area contributed by atoms with Crippen LogP contribution in [-0.2, 0) is 0 Å². The van der Waals surface area contributed by atoms with Crippen LogP contribution >= 0.6 is 0 Å². The molecule has 0 radical (unpaired) electrons. The van der Waals surface area contributed by atoms with Gasteiger partial charge in [0, 0.05) is 26.2 Å². The van der Waals surface area contributed by atoms with Crippen molar-refractivity contribution in [1.82, 2.24) is 15.0 Å². The first-order chi connectivity index (χ1) is 9.13. The van der Waals surface area contributed by atoms with Gasteiger partial charge in [0.25, 0.3) is 0 Å². The molecule has 2 N–H and O–H groups in total. The van der Waals surface area contributed by atoms with Gasteiger partial charge in [-0.1, -0.05) is 13.8 Å². The second kappa shape index (κ2) is 4.83. The van der Waals surface area contributed by atoms with Crippen molar-refractivity contribution in [3.63, 3.8) is 0 Å². The van der Waals surface area contributed by atoms with Gasteiger partial charge in [-0.2, -0.15) is 15.0 Å². The molecular formula is C13H22N6. The van der Waals surface area contributed by atoms with Crippen molar-refractivity contribution in [3.05, 3.63) is 0 Å². The Kier molecular flexibility index (Phi) is 3.16. The van der Waals surface area contributed by atoms with Gasteiger partial charge in [0.15, 0.2) is 0 Å². The molecular weight excluding hydrogens is 240 g/mol. The largest absolute Gasteiger partial charge is 0.368 e. The number of anilines is 3. The third-order valence-electron chi connectivity index (χ3n) is 4.29. The van der Waals surface area contributed by atoms with Crippen molar-refractivity contribution >= 4 is 17.8 Å². The van der Waals surface area contributed by atoms with Gasteiger partial charge in [-0.15, -0.1) is 0 Å². The van der Waals surface area contributed by atoms with Gasteiger partial charge in [0.05, 0.1) is 0 Å². The third kappa shape index (κ3) is 2.43. The molecule has 2 saturated heterocycles. The van der Waals surface area contributed by atoms with E-state index in [1.54, 1.807) is 0 Å². The summed E-state index contributed by atoms with van der Waals surface area (Å²) in [5.74, 6) is 3.17. The van der Waals surface area contributed by atoms with Crippen LogP contribution in [-0.4, -0.2) is 41.1 Å². The van der Waals surface area contributed by atoms with Crippen molar-refractivity contribution < 1.29 is 0 Å². The van der Waals surface area contributed by atoms with Gasteiger partial charge in [0.1, 0.15) is 0 Å². The molecule has 6 nitrogen and oxygen atoms in total. The van der Waals surface area contributed by atoms with Crippen molar-refractivity contribution in [1.29, 1.82) is 0 Å². The van der Waals surface area contributed by atoms with Crippen LogP contribution in [0.1, 0.15) is 26.7 Å².